The van der Waals surface area contributed by atoms with Gasteiger partial charge in [-0.15, -0.1) is 5.11 Å². The third-order valence-corrected chi connectivity index (χ3v) is 3.68. The van der Waals surface area contributed by atoms with Crippen LogP contribution in [0.15, 0.2) is 70.7 Å². The predicted octanol–water partition coefficient (Wildman–Crippen LogP) is 3.27. The zero-order chi connectivity index (χ0) is 18.5. The number of nitrogens with zero attached hydrogens (tertiary/aromatic N) is 3. The quantitative estimate of drug-likeness (QED) is 0.654. The fraction of sp³-hybridized carbons (Fsp3) is 0.0588. The number of nitrogens with one attached hydrogen (secondary N) is 1. The number of benzene rings is 2. The normalized spacial score (nSPS) is 15.5. The van der Waals surface area contributed by atoms with E-state index < -0.39 is 11.9 Å². The first-order valence-electron chi connectivity index (χ1n) is 7.40. The molecule has 132 valence electrons. The van der Waals surface area contributed by atoms with E-state index in [1.165, 1.54) is 17.1 Å². The third kappa shape index (κ3) is 3.88. The zero-order valence-corrected chi connectivity index (χ0v) is 14.3. The summed E-state index contributed by atoms with van der Waals surface area (Å²) in [5.74, 6) is -0.550. The van der Waals surface area contributed by atoms with Gasteiger partial charge in [-0.05, 0) is 48.5 Å². The smallest absolute Gasteiger partial charge is 0.378 e. The number of halogens is 1. The van der Waals surface area contributed by atoms with E-state index in [4.69, 9.17) is 21.2 Å². The first kappa shape index (κ1) is 17.6. The lowest BCUT2D eigenvalue weighted by Crippen LogP contribution is -2.28. The summed E-state index contributed by atoms with van der Waals surface area (Å²) in [6.45, 7) is 0. The maximum Gasteiger partial charge on any atom is 0.378 e. The second kappa shape index (κ2) is 7.77. The monoisotopic (exact) mass is 372 g/mol. The van der Waals surface area contributed by atoms with Crippen molar-refractivity contribution in [1.82, 2.24) is 5.59 Å². The van der Waals surface area contributed by atoms with Crippen LogP contribution in [-0.2, 0) is 9.63 Å². The van der Waals surface area contributed by atoms with Crippen molar-refractivity contribution in [3.05, 3.63) is 71.0 Å². The average molecular weight is 373 g/mol. The van der Waals surface area contributed by atoms with Crippen molar-refractivity contribution in [1.29, 1.82) is 0 Å². The molecule has 1 saturated heterocycles. The van der Waals surface area contributed by atoms with E-state index in [0.29, 0.717) is 22.0 Å². The summed E-state index contributed by atoms with van der Waals surface area (Å²) in [5, 5.41) is 9.13. The Morgan fingerprint density at radius 1 is 1.19 bits per heavy atom. The Balaban J connectivity index is 1.77. The molecule has 0 atom stereocenters. The van der Waals surface area contributed by atoms with Crippen LogP contribution in [0.2, 0.25) is 5.02 Å². The average Bonchev–Trinajstić information content (AvgIpc) is 3.03. The van der Waals surface area contributed by atoms with Crippen molar-refractivity contribution in [3.8, 4) is 5.75 Å². The largest absolute Gasteiger partial charge is 0.497 e. The van der Waals surface area contributed by atoms with Crippen LogP contribution in [0.5, 0.6) is 5.75 Å². The Hall–Kier alpha value is -3.23. The predicted molar refractivity (Wildman–Crippen MR) is 93.4 cm³/mol. The van der Waals surface area contributed by atoms with Crippen molar-refractivity contribution < 1.29 is 19.2 Å². The van der Waals surface area contributed by atoms with Crippen LogP contribution in [0.25, 0.3) is 0 Å². The van der Waals surface area contributed by atoms with E-state index in [1.54, 1.807) is 43.5 Å². The number of ether oxygens (including phenoxy) is 1. The van der Waals surface area contributed by atoms with Crippen LogP contribution in [0, 0.1) is 0 Å². The summed E-state index contributed by atoms with van der Waals surface area (Å²) >= 11 is 5.77. The number of carbonyl (C=O) groups excluding carboxylic acids is 2. The molecule has 0 radical (unpaired) electrons. The molecule has 2 aromatic carbocycles. The van der Waals surface area contributed by atoms with Crippen LogP contribution < -0.4 is 15.3 Å². The standard InChI is InChI=1S/C17H13ClN4O4/c1-25-14-8-6-13(7-9-14)22-15(17(24)26-21-22)10-19-20-16(23)11-2-4-12(18)5-3-11/h2-10,21H,1H3/b15-10+,20-19?. The Bertz CT molecular complexity index is 879. The van der Waals surface area contributed by atoms with Gasteiger partial charge in [0.05, 0.1) is 19.0 Å². The molecular weight excluding hydrogens is 360 g/mol. The van der Waals surface area contributed by atoms with E-state index in [2.05, 4.69) is 15.8 Å². The van der Waals surface area contributed by atoms with Gasteiger partial charge in [0, 0.05) is 10.6 Å². The Morgan fingerprint density at radius 3 is 2.54 bits per heavy atom. The summed E-state index contributed by atoms with van der Waals surface area (Å²) in [5.41, 5.74) is 3.47. The Morgan fingerprint density at radius 2 is 1.88 bits per heavy atom. The molecule has 3 rings (SSSR count). The molecule has 1 heterocycles. The minimum Gasteiger partial charge on any atom is -0.497 e. The highest BCUT2D eigenvalue weighted by molar-refractivity contribution is 6.30. The molecule has 1 aliphatic heterocycles. The lowest BCUT2D eigenvalue weighted by Gasteiger charge is -2.14. The number of hydrazine groups is 1. The fourth-order valence-electron chi connectivity index (χ4n) is 2.10. The molecule has 0 aromatic heterocycles. The van der Waals surface area contributed by atoms with E-state index in [0.717, 1.165) is 6.20 Å². The van der Waals surface area contributed by atoms with Gasteiger partial charge >= 0.3 is 5.97 Å². The molecule has 0 spiro atoms. The van der Waals surface area contributed by atoms with Gasteiger partial charge in [-0.2, -0.15) is 5.11 Å². The minimum absolute atomic E-state index is 0.0721. The highest BCUT2D eigenvalue weighted by atomic mass is 35.5. The SMILES string of the molecule is COc1ccc(N2NOC(=O)/C2=C\N=NC(=O)c2ccc(Cl)cc2)cc1. The maximum absolute atomic E-state index is 11.9. The third-order valence-electron chi connectivity index (χ3n) is 3.43. The molecule has 1 fully saturated rings. The second-order valence-corrected chi connectivity index (χ2v) is 5.49. The number of methoxy groups -OCH3 is 1. The molecule has 0 bridgehead atoms. The molecule has 2 aromatic rings. The van der Waals surface area contributed by atoms with Crippen LogP contribution in [0.3, 0.4) is 0 Å². The number of carbonyl (C=O) groups is 2. The number of rotatable bonds is 4. The van der Waals surface area contributed by atoms with Crippen molar-refractivity contribution in [2.24, 2.45) is 10.2 Å². The van der Waals surface area contributed by atoms with Gasteiger partial charge in [-0.1, -0.05) is 17.2 Å². The zero-order valence-electron chi connectivity index (χ0n) is 13.5. The van der Waals surface area contributed by atoms with Gasteiger partial charge in [0.1, 0.15) is 5.75 Å². The molecule has 8 nitrogen and oxygen atoms in total. The van der Waals surface area contributed by atoms with Crippen molar-refractivity contribution >= 4 is 29.2 Å². The summed E-state index contributed by atoms with van der Waals surface area (Å²) in [7, 11) is 1.55. The first-order valence-corrected chi connectivity index (χ1v) is 7.78. The number of hydrogen-bond donors (Lipinski definition) is 1. The van der Waals surface area contributed by atoms with Gasteiger partial charge in [0.2, 0.25) is 0 Å². The van der Waals surface area contributed by atoms with Gasteiger partial charge in [0.25, 0.3) is 5.91 Å². The maximum atomic E-state index is 11.9. The van der Waals surface area contributed by atoms with Gasteiger partial charge in [0.15, 0.2) is 5.70 Å². The van der Waals surface area contributed by atoms with E-state index >= 15 is 0 Å². The molecular formula is C17H13ClN4O4. The van der Waals surface area contributed by atoms with E-state index in [-0.39, 0.29) is 5.70 Å². The van der Waals surface area contributed by atoms with E-state index in [1.807, 2.05) is 0 Å². The first-order chi connectivity index (χ1) is 12.6. The molecule has 0 unspecified atom stereocenters. The lowest BCUT2D eigenvalue weighted by atomic mass is 10.2. The lowest BCUT2D eigenvalue weighted by molar-refractivity contribution is -0.140. The topological polar surface area (TPSA) is 92.6 Å². The summed E-state index contributed by atoms with van der Waals surface area (Å²) in [4.78, 5) is 28.6. The molecule has 1 amide bonds. The van der Waals surface area contributed by atoms with Crippen molar-refractivity contribution in [3.63, 3.8) is 0 Å². The summed E-state index contributed by atoms with van der Waals surface area (Å²) in [6, 6.07) is 13.1. The molecule has 0 aliphatic carbocycles. The Labute approximate surface area is 153 Å². The highest BCUT2D eigenvalue weighted by Crippen LogP contribution is 2.24. The van der Waals surface area contributed by atoms with Crippen molar-refractivity contribution in [2.75, 3.05) is 12.1 Å². The highest BCUT2D eigenvalue weighted by Gasteiger charge is 2.29. The van der Waals surface area contributed by atoms with Gasteiger partial charge in [-0.25, -0.2) is 9.80 Å². The summed E-state index contributed by atoms with van der Waals surface area (Å²) < 4.78 is 5.09. The van der Waals surface area contributed by atoms with Crippen molar-refractivity contribution in [2.45, 2.75) is 0 Å². The molecule has 26 heavy (non-hydrogen) atoms. The van der Waals surface area contributed by atoms with Gasteiger partial charge in [-0.3, -0.25) is 4.79 Å². The van der Waals surface area contributed by atoms with Crippen LogP contribution in [0.1, 0.15) is 10.4 Å². The molecule has 1 N–H and O–H groups in total. The number of hydrogen-bond acceptors (Lipinski definition) is 7. The van der Waals surface area contributed by atoms with E-state index in [9.17, 15) is 9.59 Å². The van der Waals surface area contributed by atoms with Crippen LogP contribution in [-0.4, -0.2) is 19.0 Å². The second-order valence-electron chi connectivity index (χ2n) is 5.06. The minimum atomic E-state index is -0.654. The number of anilines is 1. The summed E-state index contributed by atoms with van der Waals surface area (Å²) in [6.07, 6.45) is 1.14. The Kier molecular flexibility index (Phi) is 5.26. The molecule has 1 aliphatic rings. The molecule has 9 heteroatoms. The number of amides is 1. The van der Waals surface area contributed by atoms with Crippen LogP contribution in [0.4, 0.5) is 5.69 Å². The fourth-order valence-corrected chi connectivity index (χ4v) is 2.23. The van der Waals surface area contributed by atoms with Gasteiger partial charge < -0.3 is 9.57 Å². The van der Waals surface area contributed by atoms with Crippen LogP contribution >= 0.6 is 11.6 Å². The molecule has 0 saturated carbocycles. The number of azo groups is 1.